The molecule has 13 heteroatoms. The number of fused-ring (bicyclic) bond motifs is 2. The van der Waals surface area contributed by atoms with Crippen LogP contribution in [0.4, 0.5) is 0 Å². The van der Waals surface area contributed by atoms with Gasteiger partial charge < -0.3 is 29.6 Å². The molecule has 6 rings (SSSR count). The quantitative estimate of drug-likeness (QED) is 0.459. The Labute approximate surface area is 241 Å². The minimum atomic E-state index is -1.04. The Hall–Kier alpha value is -4.65. The van der Waals surface area contributed by atoms with E-state index in [1.54, 1.807) is 12.1 Å². The van der Waals surface area contributed by atoms with E-state index in [0.29, 0.717) is 24.3 Å². The third-order valence-corrected chi connectivity index (χ3v) is 7.65. The summed E-state index contributed by atoms with van der Waals surface area (Å²) in [7, 11) is 0. The average Bonchev–Trinajstić information content (AvgIpc) is 3.59. The number of hydrazine groups is 1. The van der Waals surface area contributed by atoms with Crippen molar-refractivity contribution in [1.29, 1.82) is 0 Å². The molecular formula is C29H30N4O9. The number of amides is 4. The molecule has 4 heterocycles. The summed E-state index contributed by atoms with van der Waals surface area (Å²) >= 11 is 0. The van der Waals surface area contributed by atoms with E-state index in [1.165, 1.54) is 11.1 Å². The van der Waals surface area contributed by atoms with Crippen molar-refractivity contribution in [2.75, 3.05) is 13.3 Å². The Morgan fingerprint density at radius 1 is 0.976 bits per heavy atom. The van der Waals surface area contributed by atoms with Crippen molar-refractivity contribution in [3.05, 3.63) is 59.7 Å². The number of carbonyl (C=O) groups is 5. The number of hydrogen-bond donors (Lipinski definition) is 2. The second-order valence-corrected chi connectivity index (χ2v) is 10.5. The second kappa shape index (κ2) is 11.7. The number of ether oxygens (including phenoxy) is 4. The number of esters is 1. The van der Waals surface area contributed by atoms with Gasteiger partial charge in [-0.2, -0.15) is 0 Å². The molecule has 0 aliphatic carbocycles. The average molecular weight is 579 g/mol. The Balaban J connectivity index is 1.15. The number of hydrogen-bond acceptors (Lipinski definition) is 9. The van der Waals surface area contributed by atoms with Crippen LogP contribution in [0, 0.1) is 0 Å². The molecule has 42 heavy (non-hydrogen) atoms. The highest BCUT2D eigenvalue weighted by atomic mass is 16.7. The van der Waals surface area contributed by atoms with Crippen LogP contribution in [0.2, 0.25) is 0 Å². The van der Waals surface area contributed by atoms with Crippen molar-refractivity contribution < 1.29 is 42.9 Å². The van der Waals surface area contributed by atoms with Crippen LogP contribution in [-0.4, -0.2) is 77.4 Å². The summed E-state index contributed by atoms with van der Waals surface area (Å²) in [6.45, 7) is 0.496. The van der Waals surface area contributed by atoms with Crippen LogP contribution >= 0.6 is 0 Å². The first-order chi connectivity index (χ1) is 20.4. The summed E-state index contributed by atoms with van der Waals surface area (Å²) < 4.78 is 21.7. The van der Waals surface area contributed by atoms with Crippen molar-refractivity contribution in [2.45, 2.75) is 63.1 Å². The zero-order chi connectivity index (χ0) is 29.2. The van der Waals surface area contributed by atoms with Gasteiger partial charge in [0.2, 0.25) is 24.9 Å². The van der Waals surface area contributed by atoms with E-state index in [9.17, 15) is 24.0 Å². The van der Waals surface area contributed by atoms with Crippen LogP contribution in [0.25, 0.3) is 0 Å². The molecule has 0 spiro atoms. The normalized spacial score (nSPS) is 25.0. The van der Waals surface area contributed by atoms with Gasteiger partial charge in [0.15, 0.2) is 11.5 Å². The number of carbonyl (C=O) groups excluding carboxylic acids is 5. The molecular weight excluding hydrogens is 548 g/mol. The summed E-state index contributed by atoms with van der Waals surface area (Å²) in [5.74, 6) is -1.52. The molecule has 2 N–H and O–H groups in total. The van der Waals surface area contributed by atoms with Crippen molar-refractivity contribution in [3.63, 3.8) is 0 Å². The maximum atomic E-state index is 13.8. The maximum Gasteiger partial charge on any atom is 0.310 e. The van der Waals surface area contributed by atoms with Gasteiger partial charge in [-0.05, 0) is 43.0 Å². The van der Waals surface area contributed by atoms with Crippen LogP contribution in [0.1, 0.15) is 48.0 Å². The lowest BCUT2D eigenvalue weighted by Crippen LogP contribution is -2.64. The molecule has 0 saturated carbocycles. The molecule has 4 atom stereocenters. The lowest BCUT2D eigenvalue weighted by Gasteiger charge is -2.43. The van der Waals surface area contributed by atoms with Gasteiger partial charge in [0.05, 0.1) is 13.0 Å². The maximum absolute atomic E-state index is 13.8. The minimum absolute atomic E-state index is 0.0169. The van der Waals surface area contributed by atoms with Crippen LogP contribution in [0.5, 0.6) is 11.5 Å². The van der Waals surface area contributed by atoms with Crippen molar-refractivity contribution in [3.8, 4) is 11.5 Å². The first-order valence-electron chi connectivity index (χ1n) is 13.9. The van der Waals surface area contributed by atoms with Crippen LogP contribution < -0.4 is 20.1 Å². The lowest BCUT2D eigenvalue weighted by molar-refractivity contribution is -0.177. The monoisotopic (exact) mass is 578 g/mol. The number of cyclic esters (lactones) is 1. The highest BCUT2D eigenvalue weighted by molar-refractivity contribution is 6.00. The molecule has 4 aliphatic heterocycles. The predicted octanol–water partition coefficient (Wildman–Crippen LogP) is 1.02. The standard InChI is InChI=1S/C29H30N4O9/c34-24-11-9-19(30-26(36)18-8-10-22-23(13-18)41-16-40-22)28(38)33-21(7-4-12-32(24)33)27(37)31-20-14-25(35)42-29(20)39-15-17-5-2-1-3-6-17/h1-3,5-6,8,10,13,19-21,29H,4,7,9,11-12,14-16H2,(H,30,36)(H,31,37)/t19-,20-,21-,29-/m0/s1. The van der Waals surface area contributed by atoms with E-state index in [4.69, 9.17) is 18.9 Å². The zero-order valence-electron chi connectivity index (χ0n) is 22.7. The van der Waals surface area contributed by atoms with Gasteiger partial charge in [0.1, 0.15) is 18.1 Å². The summed E-state index contributed by atoms with van der Waals surface area (Å²) in [6.07, 6.45) is -0.213. The van der Waals surface area contributed by atoms with Crippen molar-refractivity contribution in [2.24, 2.45) is 0 Å². The van der Waals surface area contributed by atoms with E-state index in [2.05, 4.69) is 10.6 Å². The second-order valence-electron chi connectivity index (χ2n) is 10.5. The van der Waals surface area contributed by atoms with E-state index < -0.39 is 48.1 Å². The molecule has 4 amide bonds. The Kier molecular flexibility index (Phi) is 7.66. The summed E-state index contributed by atoms with van der Waals surface area (Å²) in [6, 6.07) is 11.2. The molecule has 3 saturated heterocycles. The van der Waals surface area contributed by atoms with E-state index in [0.717, 1.165) is 10.6 Å². The smallest absolute Gasteiger partial charge is 0.310 e. The molecule has 3 fully saturated rings. The SMILES string of the molecule is O=C1C[C@H](NC(=O)[C@@H]2CCCN3C(=O)CC[C@H](NC(=O)c4ccc5c(c4)OCO5)C(=O)N23)[C@@H](OCc2ccccc2)O1. The van der Waals surface area contributed by atoms with E-state index in [1.807, 2.05) is 30.3 Å². The highest BCUT2D eigenvalue weighted by Gasteiger charge is 2.46. The van der Waals surface area contributed by atoms with E-state index >= 15 is 0 Å². The van der Waals surface area contributed by atoms with Crippen molar-refractivity contribution >= 4 is 29.6 Å². The fourth-order valence-electron chi connectivity index (χ4n) is 5.52. The Morgan fingerprint density at radius 2 is 1.79 bits per heavy atom. The fraction of sp³-hybridized carbons (Fsp3) is 0.414. The third-order valence-electron chi connectivity index (χ3n) is 7.65. The van der Waals surface area contributed by atoms with Crippen LogP contribution in [0.15, 0.2) is 48.5 Å². The number of benzene rings is 2. The molecule has 0 unspecified atom stereocenters. The zero-order valence-corrected chi connectivity index (χ0v) is 22.7. The minimum Gasteiger partial charge on any atom is -0.454 e. The van der Waals surface area contributed by atoms with Crippen molar-refractivity contribution in [1.82, 2.24) is 20.7 Å². The fourth-order valence-corrected chi connectivity index (χ4v) is 5.52. The van der Waals surface area contributed by atoms with Gasteiger partial charge >= 0.3 is 5.97 Å². The summed E-state index contributed by atoms with van der Waals surface area (Å²) in [4.78, 5) is 65.6. The van der Waals surface area contributed by atoms with Gasteiger partial charge in [-0.3, -0.25) is 29.0 Å². The van der Waals surface area contributed by atoms with Gasteiger partial charge in [0.25, 0.3) is 11.8 Å². The van der Waals surface area contributed by atoms with Gasteiger partial charge in [-0.1, -0.05) is 30.3 Å². The Morgan fingerprint density at radius 3 is 2.62 bits per heavy atom. The molecule has 2 aromatic rings. The van der Waals surface area contributed by atoms with Crippen LogP contribution in [-0.2, 0) is 35.3 Å². The van der Waals surface area contributed by atoms with E-state index in [-0.39, 0.29) is 50.7 Å². The molecule has 0 radical (unpaired) electrons. The number of nitrogens with zero attached hydrogens (tertiary/aromatic N) is 2. The largest absolute Gasteiger partial charge is 0.454 e. The highest BCUT2D eigenvalue weighted by Crippen LogP contribution is 2.33. The first-order valence-corrected chi connectivity index (χ1v) is 13.9. The molecule has 0 aromatic heterocycles. The van der Waals surface area contributed by atoms with Gasteiger partial charge in [0, 0.05) is 18.5 Å². The number of nitrogens with one attached hydrogen (secondary N) is 2. The molecule has 4 aliphatic rings. The van der Waals surface area contributed by atoms with Gasteiger partial charge in [-0.25, -0.2) is 5.01 Å². The molecule has 2 aromatic carbocycles. The summed E-state index contributed by atoms with van der Waals surface area (Å²) in [5.41, 5.74) is 1.14. The predicted molar refractivity (Wildman–Crippen MR) is 142 cm³/mol. The Bertz CT molecular complexity index is 1400. The molecule has 13 nitrogen and oxygen atoms in total. The molecule has 220 valence electrons. The lowest BCUT2D eigenvalue weighted by atomic mass is 10.0. The summed E-state index contributed by atoms with van der Waals surface area (Å²) in [5, 5.41) is 7.99. The molecule has 0 bridgehead atoms. The topological polar surface area (TPSA) is 153 Å². The number of rotatable bonds is 7. The van der Waals surface area contributed by atoms with Gasteiger partial charge in [-0.15, -0.1) is 0 Å². The van der Waals surface area contributed by atoms with Crippen LogP contribution in [0.3, 0.4) is 0 Å². The first kappa shape index (κ1) is 27.5. The third kappa shape index (κ3) is 5.59.